The number of aromatic nitrogens is 3. The molecule has 1 aliphatic rings. The number of allylic oxidation sites excluding steroid dienone is 1. The Morgan fingerprint density at radius 2 is 1.97 bits per heavy atom. The van der Waals surface area contributed by atoms with E-state index in [1.165, 1.54) is 5.20 Å². The number of rotatable bonds is 6. The Hall–Kier alpha value is -2.57. The predicted octanol–water partition coefficient (Wildman–Crippen LogP) is 6.41. The van der Waals surface area contributed by atoms with Gasteiger partial charge in [-0.25, -0.2) is 4.98 Å². The molecular formula is C24H28ClN5Si. The molecule has 0 bridgehead atoms. The van der Waals surface area contributed by atoms with Crippen molar-refractivity contribution in [3.8, 4) is 11.4 Å². The van der Waals surface area contributed by atoms with E-state index in [1.807, 2.05) is 53.6 Å². The molecule has 1 aliphatic heterocycles. The molecule has 5 nitrogen and oxygen atoms in total. The van der Waals surface area contributed by atoms with Gasteiger partial charge in [0, 0.05) is 29.5 Å². The van der Waals surface area contributed by atoms with Gasteiger partial charge in [-0.15, -0.1) is 0 Å². The summed E-state index contributed by atoms with van der Waals surface area (Å²) in [5, 5.41) is 11.4. The molecule has 1 unspecified atom stereocenters. The van der Waals surface area contributed by atoms with E-state index in [1.54, 1.807) is 0 Å². The molecule has 4 rings (SSSR count). The summed E-state index contributed by atoms with van der Waals surface area (Å²) >= 11 is 6.31. The summed E-state index contributed by atoms with van der Waals surface area (Å²) in [4.78, 5) is 9.18. The molecule has 160 valence electrons. The first-order valence-electron chi connectivity index (χ1n) is 10.9. The van der Waals surface area contributed by atoms with Gasteiger partial charge in [-0.2, -0.15) is 10.2 Å². The van der Waals surface area contributed by atoms with E-state index in [4.69, 9.17) is 11.6 Å². The molecule has 0 saturated carbocycles. The molecule has 0 radical (unpaired) electrons. The Morgan fingerprint density at radius 1 is 1.13 bits per heavy atom. The highest BCUT2D eigenvalue weighted by Gasteiger charge is 2.22. The molecule has 7 heteroatoms. The number of hydrogen-bond donors (Lipinski definition) is 0. The van der Waals surface area contributed by atoms with Crippen LogP contribution in [0.3, 0.4) is 0 Å². The van der Waals surface area contributed by atoms with Crippen molar-refractivity contribution in [1.82, 2.24) is 14.5 Å². The lowest BCUT2D eigenvalue weighted by molar-refractivity contribution is 0.798. The maximum Gasteiger partial charge on any atom is 0.107 e. The lowest BCUT2D eigenvalue weighted by Crippen LogP contribution is -2.17. The Bertz CT molecular complexity index is 1120. The van der Waals surface area contributed by atoms with Gasteiger partial charge in [-0.1, -0.05) is 60.9 Å². The van der Waals surface area contributed by atoms with E-state index in [-0.39, 0.29) is 0 Å². The quantitative estimate of drug-likeness (QED) is 0.408. The molecule has 0 saturated heterocycles. The maximum absolute atomic E-state index is 6.31. The van der Waals surface area contributed by atoms with Crippen molar-refractivity contribution in [2.24, 2.45) is 10.2 Å². The van der Waals surface area contributed by atoms with Crippen molar-refractivity contribution in [2.75, 3.05) is 6.54 Å². The first-order chi connectivity index (χ1) is 15.0. The van der Waals surface area contributed by atoms with Gasteiger partial charge >= 0.3 is 0 Å². The predicted molar refractivity (Wildman–Crippen MR) is 130 cm³/mol. The van der Waals surface area contributed by atoms with Gasteiger partial charge in [-0.05, 0) is 36.6 Å². The van der Waals surface area contributed by atoms with E-state index in [9.17, 15) is 0 Å². The van der Waals surface area contributed by atoms with Crippen molar-refractivity contribution >= 4 is 26.1 Å². The topological polar surface area (TPSA) is 55.4 Å². The third kappa shape index (κ3) is 5.02. The van der Waals surface area contributed by atoms with Gasteiger partial charge in [0.2, 0.25) is 0 Å². The molecule has 1 aromatic carbocycles. The largest absolute Gasteiger partial charge is 0.332 e. The van der Waals surface area contributed by atoms with Crippen LogP contribution in [-0.4, -0.2) is 29.9 Å². The van der Waals surface area contributed by atoms with Crippen molar-refractivity contribution in [3.63, 3.8) is 0 Å². The first kappa shape index (κ1) is 21.7. The molecule has 31 heavy (non-hydrogen) atoms. The number of imidazole rings is 1. The number of azo groups is 1. The summed E-state index contributed by atoms with van der Waals surface area (Å²) in [5.74, 6) is 0. The fraction of sp³-hybridized carbons (Fsp3) is 0.333. The summed E-state index contributed by atoms with van der Waals surface area (Å²) in [6.07, 6.45) is 7.88. The lowest BCUT2D eigenvalue weighted by Gasteiger charge is -2.19. The van der Waals surface area contributed by atoms with E-state index < -0.39 is 8.80 Å². The van der Waals surface area contributed by atoms with E-state index in [0.717, 1.165) is 52.6 Å². The van der Waals surface area contributed by atoms with E-state index >= 15 is 0 Å². The molecular weight excluding hydrogens is 422 g/mol. The average Bonchev–Trinajstić information content (AvgIpc) is 3.10. The van der Waals surface area contributed by atoms with Crippen LogP contribution in [0.25, 0.3) is 17.1 Å². The van der Waals surface area contributed by atoms with E-state index in [0.29, 0.717) is 12.1 Å². The summed E-state index contributed by atoms with van der Waals surface area (Å²) in [5.41, 5.74) is 5.60. The van der Waals surface area contributed by atoms with Crippen LogP contribution in [0, 0.1) is 0 Å². The third-order valence-corrected chi connectivity index (χ3v) is 10.00. The summed E-state index contributed by atoms with van der Waals surface area (Å²) in [7, 11) is -1.07. The second-order valence-corrected chi connectivity index (χ2v) is 12.4. The smallest absolute Gasteiger partial charge is 0.107 e. The summed E-state index contributed by atoms with van der Waals surface area (Å²) < 4.78 is 2.04. The van der Waals surface area contributed by atoms with Crippen LogP contribution in [0.2, 0.25) is 17.1 Å². The molecule has 0 spiro atoms. The lowest BCUT2D eigenvalue weighted by atomic mass is 10.1. The number of benzene rings is 1. The highest BCUT2D eigenvalue weighted by atomic mass is 35.5. The van der Waals surface area contributed by atoms with Gasteiger partial charge in [0.05, 0.1) is 33.1 Å². The zero-order valence-corrected chi connectivity index (χ0v) is 20.2. The molecule has 0 amide bonds. The van der Waals surface area contributed by atoms with Crippen LogP contribution in [0.1, 0.15) is 37.8 Å². The van der Waals surface area contributed by atoms with Gasteiger partial charge in [0.1, 0.15) is 5.69 Å². The molecule has 3 aromatic rings. The van der Waals surface area contributed by atoms with Crippen LogP contribution in [-0.2, 0) is 6.54 Å². The zero-order valence-electron chi connectivity index (χ0n) is 18.3. The minimum Gasteiger partial charge on any atom is -0.332 e. The Balaban J connectivity index is 1.65. The number of halogens is 1. The molecule has 0 aliphatic carbocycles. The van der Waals surface area contributed by atoms with Crippen LogP contribution >= 0.6 is 11.6 Å². The van der Waals surface area contributed by atoms with Gasteiger partial charge in [-0.3, -0.25) is 4.98 Å². The standard InChI is InChI=1S/C24H28ClN5Si/c1-17(2)31(3)23-9-6-11-28-29-24(23)18-10-12-26-21(13-18)22-15-30(16-27-22)14-19-7-4-5-8-20(19)25/h4-5,7-8,10,12-13,15-17,31H,6,9,11,14H2,1-3H3. The molecule has 0 fully saturated rings. The fourth-order valence-corrected chi connectivity index (χ4v) is 6.17. The Morgan fingerprint density at radius 3 is 2.77 bits per heavy atom. The number of pyridine rings is 1. The van der Waals surface area contributed by atoms with Gasteiger partial charge < -0.3 is 4.57 Å². The number of nitrogens with zero attached hydrogens (tertiary/aromatic N) is 5. The molecule has 0 N–H and O–H groups in total. The average molecular weight is 450 g/mol. The zero-order chi connectivity index (χ0) is 21.8. The van der Waals surface area contributed by atoms with Gasteiger partial charge in [0.15, 0.2) is 0 Å². The monoisotopic (exact) mass is 449 g/mol. The van der Waals surface area contributed by atoms with Gasteiger partial charge in [0.25, 0.3) is 0 Å². The van der Waals surface area contributed by atoms with Crippen LogP contribution in [0.5, 0.6) is 0 Å². The molecule has 1 atom stereocenters. The van der Waals surface area contributed by atoms with Crippen molar-refractivity contribution in [1.29, 1.82) is 0 Å². The van der Waals surface area contributed by atoms with Crippen LogP contribution in [0.15, 0.2) is 70.5 Å². The van der Waals surface area contributed by atoms with Crippen molar-refractivity contribution < 1.29 is 0 Å². The fourth-order valence-electron chi connectivity index (χ4n) is 3.85. The summed E-state index contributed by atoms with van der Waals surface area (Å²) in [6, 6.07) is 12.0. The van der Waals surface area contributed by atoms with Crippen LogP contribution < -0.4 is 0 Å². The Labute approximate surface area is 190 Å². The second kappa shape index (κ2) is 9.70. The second-order valence-electron chi connectivity index (χ2n) is 8.43. The van der Waals surface area contributed by atoms with Crippen molar-refractivity contribution in [3.05, 3.63) is 76.5 Å². The minimum atomic E-state index is -1.07. The van der Waals surface area contributed by atoms with E-state index in [2.05, 4.69) is 46.7 Å². The highest BCUT2D eigenvalue weighted by Crippen LogP contribution is 2.32. The first-order valence-corrected chi connectivity index (χ1v) is 13.6. The highest BCUT2D eigenvalue weighted by molar-refractivity contribution is 6.67. The third-order valence-electron chi connectivity index (χ3n) is 5.97. The van der Waals surface area contributed by atoms with Crippen molar-refractivity contribution in [2.45, 2.75) is 45.3 Å². The Kier molecular flexibility index (Phi) is 6.78. The molecule has 3 heterocycles. The summed E-state index contributed by atoms with van der Waals surface area (Å²) in [6.45, 7) is 8.56. The normalized spacial score (nSPS) is 15.4. The molecule has 2 aromatic heterocycles. The minimum absolute atomic E-state index is 0.674. The maximum atomic E-state index is 6.31. The SMILES string of the molecule is CC(C)[SiH](C)C1=C(c2ccnc(-c3cn(Cc4ccccc4Cl)cn3)c2)N=NCCC1. The number of hydrogen-bond acceptors (Lipinski definition) is 4. The van der Waals surface area contributed by atoms with Crippen LogP contribution in [0.4, 0.5) is 0 Å².